The highest BCUT2D eigenvalue weighted by molar-refractivity contribution is 6.70. The highest BCUT2D eigenvalue weighted by Crippen LogP contribution is 2.19. The number of nitrogens with zero attached hydrogens (tertiary/aromatic N) is 1. The molecule has 0 aliphatic carbocycles. The maximum Gasteiger partial charge on any atom is 0.267 e. The molecular formula is C13H25NO2Si. The Morgan fingerprint density at radius 2 is 1.76 bits per heavy atom. The van der Waals surface area contributed by atoms with Crippen LogP contribution in [0.1, 0.15) is 19.8 Å². The van der Waals surface area contributed by atoms with E-state index >= 15 is 0 Å². The van der Waals surface area contributed by atoms with Crippen molar-refractivity contribution in [3.63, 3.8) is 0 Å². The fourth-order valence-electron chi connectivity index (χ4n) is 1.89. The lowest BCUT2D eigenvalue weighted by atomic mass is 10.3. The summed E-state index contributed by atoms with van der Waals surface area (Å²) in [5, 5.41) is 0. The van der Waals surface area contributed by atoms with E-state index in [0.29, 0.717) is 5.95 Å². The molecule has 4 heteroatoms. The molecule has 0 aromatic rings. The van der Waals surface area contributed by atoms with E-state index in [1.807, 2.05) is 6.08 Å². The van der Waals surface area contributed by atoms with Crippen LogP contribution in [0, 0.1) is 0 Å². The fraction of sp³-hybridized carbons (Fsp3) is 0.692. The minimum absolute atomic E-state index is 0.643. The molecule has 0 aromatic carbocycles. The third-order valence-corrected chi connectivity index (χ3v) is 3.45. The molecule has 0 unspecified atom stereocenters. The van der Waals surface area contributed by atoms with Gasteiger partial charge in [-0.25, -0.2) is 0 Å². The second kappa shape index (κ2) is 6.14. The van der Waals surface area contributed by atoms with Crippen LogP contribution in [0.4, 0.5) is 0 Å². The van der Waals surface area contributed by atoms with Crippen LogP contribution in [0.5, 0.6) is 0 Å². The molecule has 1 rings (SSSR count). The zero-order valence-electron chi connectivity index (χ0n) is 11.7. The standard InChI is InChI=1S/C13H25NO2Si/c1-6-12(14-9-7-8-10-14)11-13(15-2)16-17(3,4)5/h6,11H,7-10H2,1-5H3/b12-6-,13-11+. The first kappa shape index (κ1) is 14.2. The van der Waals surface area contributed by atoms with Crippen molar-refractivity contribution in [1.82, 2.24) is 4.90 Å². The molecule has 1 heterocycles. The zero-order valence-corrected chi connectivity index (χ0v) is 12.7. The molecule has 1 saturated heterocycles. The van der Waals surface area contributed by atoms with E-state index in [-0.39, 0.29) is 0 Å². The average molecular weight is 255 g/mol. The van der Waals surface area contributed by atoms with Crippen molar-refractivity contribution in [2.75, 3.05) is 20.2 Å². The van der Waals surface area contributed by atoms with Gasteiger partial charge in [-0.2, -0.15) is 0 Å². The van der Waals surface area contributed by atoms with Gasteiger partial charge in [0.25, 0.3) is 5.95 Å². The molecule has 0 spiro atoms. The molecule has 1 aliphatic rings. The summed E-state index contributed by atoms with van der Waals surface area (Å²) in [6.07, 6.45) is 6.70. The molecule has 0 bridgehead atoms. The van der Waals surface area contributed by atoms with E-state index < -0.39 is 8.32 Å². The third-order valence-electron chi connectivity index (χ3n) is 2.64. The normalized spacial score (nSPS) is 18.5. The van der Waals surface area contributed by atoms with Crippen LogP contribution in [-0.2, 0) is 9.16 Å². The SMILES string of the molecule is C/C=C(/C=C(\OC)O[Si](C)(C)C)N1CCCC1. The van der Waals surface area contributed by atoms with Gasteiger partial charge >= 0.3 is 0 Å². The largest absolute Gasteiger partial charge is 0.520 e. The van der Waals surface area contributed by atoms with E-state index in [1.165, 1.54) is 18.5 Å². The molecule has 0 aromatic heterocycles. The lowest BCUT2D eigenvalue weighted by Gasteiger charge is -2.23. The van der Waals surface area contributed by atoms with E-state index in [2.05, 4.69) is 37.5 Å². The van der Waals surface area contributed by atoms with Gasteiger partial charge in [0.05, 0.1) is 7.11 Å². The van der Waals surface area contributed by atoms with Crippen LogP contribution >= 0.6 is 0 Å². The Labute approximate surface area is 106 Å². The van der Waals surface area contributed by atoms with Gasteiger partial charge in [0.2, 0.25) is 8.32 Å². The van der Waals surface area contributed by atoms with E-state index in [1.54, 1.807) is 7.11 Å². The van der Waals surface area contributed by atoms with E-state index in [0.717, 1.165) is 13.1 Å². The summed E-state index contributed by atoms with van der Waals surface area (Å²) in [7, 11) is 0.0705. The van der Waals surface area contributed by atoms with Gasteiger partial charge in [0.1, 0.15) is 0 Å². The van der Waals surface area contributed by atoms with Crippen molar-refractivity contribution in [1.29, 1.82) is 0 Å². The summed E-state index contributed by atoms with van der Waals surface area (Å²) in [6.45, 7) is 10.8. The van der Waals surface area contributed by atoms with Gasteiger partial charge < -0.3 is 14.1 Å². The van der Waals surface area contributed by atoms with Crippen molar-refractivity contribution in [2.24, 2.45) is 0 Å². The highest BCUT2D eigenvalue weighted by atomic mass is 28.4. The summed E-state index contributed by atoms with van der Waals surface area (Å²) >= 11 is 0. The topological polar surface area (TPSA) is 21.7 Å². The Hall–Kier alpha value is -0.903. The Kier molecular flexibility index (Phi) is 5.12. The predicted molar refractivity (Wildman–Crippen MR) is 74.1 cm³/mol. The molecule has 0 radical (unpaired) electrons. The van der Waals surface area contributed by atoms with Gasteiger partial charge in [-0.1, -0.05) is 6.08 Å². The first-order chi connectivity index (χ1) is 7.96. The van der Waals surface area contributed by atoms with E-state index in [9.17, 15) is 0 Å². The second-order valence-corrected chi connectivity index (χ2v) is 9.72. The van der Waals surface area contributed by atoms with Crippen LogP contribution in [0.25, 0.3) is 0 Å². The monoisotopic (exact) mass is 255 g/mol. The van der Waals surface area contributed by atoms with Gasteiger partial charge in [-0.15, -0.1) is 0 Å². The first-order valence-electron chi connectivity index (χ1n) is 6.32. The number of rotatable bonds is 5. The van der Waals surface area contributed by atoms with Gasteiger partial charge in [-0.05, 0) is 39.4 Å². The minimum atomic E-state index is -1.60. The minimum Gasteiger partial charge on any atom is -0.520 e. The molecule has 3 nitrogen and oxygen atoms in total. The molecule has 0 atom stereocenters. The predicted octanol–water partition coefficient (Wildman–Crippen LogP) is 3.33. The molecule has 0 amide bonds. The van der Waals surface area contributed by atoms with Crippen LogP contribution < -0.4 is 0 Å². The summed E-state index contributed by atoms with van der Waals surface area (Å²) in [4.78, 5) is 2.38. The summed E-state index contributed by atoms with van der Waals surface area (Å²) < 4.78 is 11.2. The maximum atomic E-state index is 5.89. The third kappa shape index (κ3) is 4.85. The fourth-order valence-corrected chi connectivity index (χ4v) is 2.63. The molecule has 1 aliphatic heterocycles. The smallest absolute Gasteiger partial charge is 0.267 e. The molecular weight excluding hydrogens is 230 g/mol. The Morgan fingerprint density at radius 3 is 2.18 bits per heavy atom. The van der Waals surface area contributed by atoms with Crippen molar-refractivity contribution < 1.29 is 9.16 Å². The zero-order chi connectivity index (χ0) is 12.9. The molecule has 17 heavy (non-hydrogen) atoms. The van der Waals surface area contributed by atoms with Crippen molar-refractivity contribution >= 4 is 8.32 Å². The van der Waals surface area contributed by atoms with Gasteiger partial charge in [0, 0.05) is 24.9 Å². The molecule has 98 valence electrons. The number of allylic oxidation sites excluding steroid dienone is 2. The van der Waals surface area contributed by atoms with Crippen molar-refractivity contribution in [3.8, 4) is 0 Å². The number of hydrogen-bond donors (Lipinski definition) is 0. The summed E-state index contributed by atoms with van der Waals surface area (Å²) in [6, 6.07) is 0. The lowest BCUT2D eigenvalue weighted by molar-refractivity contribution is 0.146. The highest BCUT2D eigenvalue weighted by Gasteiger charge is 2.20. The molecule has 0 saturated carbocycles. The Morgan fingerprint density at radius 1 is 1.18 bits per heavy atom. The van der Waals surface area contributed by atoms with Crippen LogP contribution in [0.2, 0.25) is 19.6 Å². The van der Waals surface area contributed by atoms with Crippen LogP contribution in [-0.4, -0.2) is 33.4 Å². The van der Waals surface area contributed by atoms with Gasteiger partial charge in [-0.3, -0.25) is 0 Å². The second-order valence-electron chi connectivity index (χ2n) is 5.29. The molecule has 1 fully saturated rings. The van der Waals surface area contributed by atoms with Crippen molar-refractivity contribution in [3.05, 3.63) is 23.8 Å². The van der Waals surface area contributed by atoms with Crippen LogP contribution in [0.3, 0.4) is 0 Å². The number of likely N-dealkylation sites (tertiary alicyclic amines) is 1. The van der Waals surface area contributed by atoms with Crippen LogP contribution in [0.15, 0.2) is 23.8 Å². The number of methoxy groups -OCH3 is 1. The Bertz CT molecular complexity index is 299. The maximum absolute atomic E-state index is 5.89. The lowest BCUT2D eigenvalue weighted by Crippen LogP contribution is -2.26. The summed E-state index contributed by atoms with van der Waals surface area (Å²) in [5.74, 6) is 0.643. The summed E-state index contributed by atoms with van der Waals surface area (Å²) in [5.41, 5.74) is 1.21. The average Bonchev–Trinajstić information content (AvgIpc) is 2.75. The molecule has 0 N–H and O–H groups in total. The Balaban J connectivity index is 2.74. The number of ether oxygens (including phenoxy) is 1. The number of hydrogen-bond acceptors (Lipinski definition) is 3. The van der Waals surface area contributed by atoms with Crippen molar-refractivity contribution in [2.45, 2.75) is 39.4 Å². The van der Waals surface area contributed by atoms with E-state index in [4.69, 9.17) is 9.16 Å². The first-order valence-corrected chi connectivity index (χ1v) is 9.73. The van der Waals surface area contributed by atoms with Gasteiger partial charge in [0.15, 0.2) is 0 Å². The quantitative estimate of drug-likeness (QED) is 0.427.